The molecule has 0 spiro atoms. The number of aromatic hydroxyl groups is 3. The minimum atomic E-state index is -0.390. The normalized spacial score (nSPS) is 13.3. The Morgan fingerprint density at radius 2 is 1.90 bits per heavy atom. The fraction of sp³-hybridized carbons (Fsp3) is 0.0870. The molecule has 1 aliphatic carbocycles. The molecule has 1 heterocycles. The molecule has 0 unspecified atom stereocenters. The zero-order chi connectivity index (χ0) is 20.4. The molecule has 0 saturated heterocycles. The highest BCUT2D eigenvalue weighted by atomic mass is 16.5. The first-order valence-corrected chi connectivity index (χ1v) is 9.01. The number of phenols is 3. The molecule has 0 bridgehead atoms. The monoisotopic (exact) mass is 390 g/mol. The van der Waals surface area contributed by atoms with Gasteiger partial charge in [-0.2, -0.15) is 0 Å². The SMILES string of the molecule is O=c1c(Cc2ccc(O)c(OC3=CC=CCC=C3)c2)coc2cc(O)cc(O)c12. The van der Waals surface area contributed by atoms with Crippen molar-refractivity contribution in [2.24, 2.45) is 0 Å². The van der Waals surface area contributed by atoms with Crippen molar-refractivity contribution in [1.82, 2.24) is 0 Å². The van der Waals surface area contributed by atoms with E-state index in [1.807, 2.05) is 24.3 Å². The van der Waals surface area contributed by atoms with Gasteiger partial charge in [0.2, 0.25) is 0 Å². The zero-order valence-corrected chi connectivity index (χ0v) is 15.3. The Labute approximate surface area is 165 Å². The number of fused-ring (bicyclic) bond motifs is 1. The van der Waals surface area contributed by atoms with Gasteiger partial charge >= 0.3 is 0 Å². The van der Waals surface area contributed by atoms with Gasteiger partial charge in [0.1, 0.15) is 28.2 Å². The molecule has 1 aliphatic rings. The summed E-state index contributed by atoms with van der Waals surface area (Å²) in [5.41, 5.74) is 0.757. The number of hydrogen-bond donors (Lipinski definition) is 3. The largest absolute Gasteiger partial charge is 0.508 e. The molecule has 0 radical (unpaired) electrons. The van der Waals surface area contributed by atoms with Crippen molar-refractivity contribution < 1.29 is 24.5 Å². The van der Waals surface area contributed by atoms with Crippen LogP contribution in [0.3, 0.4) is 0 Å². The fourth-order valence-electron chi connectivity index (χ4n) is 3.10. The van der Waals surface area contributed by atoms with Crippen LogP contribution in [0.5, 0.6) is 23.0 Å². The van der Waals surface area contributed by atoms with Crippen molar-refractivity contribution in [3.63, 3.8) is 0 Å². The molecule has 6 nitrogen and oxygen atoms in total. The first kappa shape index (κ1) is 18.4. The standard InChI is InChI=1S/C23H18O6/c24-16-11-19(26)22-21(12-16)28-13-15(23(22)27)9-14-7-8-18(25)20(10-14)29-17-5-3-1-2-4-6-17/h1,3-8,10-13,24-26H,2,9H2. The van der Waals surface area contributed by atoms with E-state index in [0.717, 1.165) is 18.1 Å². The number of ether oxygens (including phenoxy) is 1. The van der Waals surface area contributed by atoms with Gasteiger partial charge in [0.25, 0.3) is 0 Å². The second-order valence-corrected chi connectivity index (χ2v) is 6.64. The van der Waals surface area contributed by atoms with Crippen molar-refractivity contribution >= 4 is 11.0 Å². The van der Waals surface area contributed by atoms with Crippen LogP contribution in [0.25, 0.3) is 11.0 Å². The molecular weight excluding hydrogens is 372 g/mol. The van der Waals surface area contributed by atoms with Crippen LogP contribution in [0.4, 0.5) is 0 Å². The van der Waals surface area contributed by atoms with Gasteiger partial charge in [0.15, 0.2) is 16.9 Å². The van der Waals surface area contributed by atoms with Crippen molar-refractivity contribution in [2.45, 2.75) is 12.8 Å². The van der Waals surface area contributed by atoms with E-state index < -0.39 is 0 Å². The van der Waals surface area contributed by atoms with E-state index in [1.165, 1.54) is 18.4 Å². The van der Waals surface area contributed by atoms with Gasteiger partial charge < -0.3 is 24.5 Å². The average Bonchev–Trinajstić information content (AvgIpc) is 2.95. The number of benzene rings is 2. The van der Waals surface area contributed by atoms with Crippen LogP contribution in [0.15, 0.2) is 81.9 Å². The summed E-state index contributed by atoms with van der Waals surface area (Å²) in [7, 11) is 0. The van der Waals surface area contributed by atoms with E-state index in [4.69, 9.17) is 9.15 Å². The van der Waals surface area contributed by atoms with Gasteiger partial charge in [-0.1, -0.05) is 24.3 Å². The highest BCUT2D eigenvalue weighted by Gasteiger charge is 2.14. The maximum atomic E-state index is 12.8. The van der Waals surface area contributed by atoms with Crippen molar-refractivity contribution in [3.8, 4) is 23.0 Å². The third kappa shape index (κ3) is 3.87. The molecule has 1 aromatic heterocycles. The molecule has 0 atom stereocenters. The lowest BCUT2D eigenvalue weighted by atomic mass is 10.0. The molecule has 0 aliphatic heterocycles. The van der Waals surface area contributed by atoms with Crippen LogP contribution in [0, 0.1) is 0 Å². The van der Waals surface area contributed by atoms with E-state index in [9.17, 15) is 20.1 Å². The molecule has 0 fully saturated rings. The Morgan fingerprint density at radius 1 is 1.03 bits per heavy atom. The van der Waals surface area contributed by atoms with Gasteiger partial charge in [-0.3, -0.25) is 4.79 Å². The molecule has 3 N–H and O–H groups in total. The van der Waals surface area contributed by atoms with Crippen LogP contribution < -0.4 is 10.2 Å². The first-order chi connectivity index (χ1) is 14.0. The lowest BCUT2D eigenvalue weighted by Gasteiger charge is -2.10. The second-order valence-electron chi connectivity index (χ2n) is 6.64. The Morgan fingerprint density at radius 3 is 2.76 bits per heavy atom. The van der Waals surface area contributed by atoms with Gasteiger partial charge in [-0.05, 0) is 36.3 Å². The third-order valence-electron chi connectivity index (χ3n) is 4.51. The van der Waals surface area contributed by atoms with E-state index in [0.29, 0.717) is 11.3 Å². The fourth-order valence-corrected chi connectivity index (χ4v) is 3.10. The van der Waals surface area contributed by atoms with Gasteiger partial charge in [-0.25, -0.2) is 0 Å². The Kier molecular flexibility index (Phi) is 4.83. The summed E-state index contributed by atoms with van der Waals surface area (Å²) < 4.78 is 11.2. The highest BCUT2D eigenvalue weighted by Crippen LogP contribution is 2.31. The maximum absolute atomic E-state index is 12.8. The molecule has 2 aromatic carbocycles. The molecule has 6 heteroatoms. The summed E-state index contributed by atoms with van der Waals surface area (Å²) in [6.45, 7) is 0. The smallest absolute Gasteiger partial charge is 0.199 e. The zero-order valence-electron chi connectivity index (χ0n) is 15.3. The molecule has 29 heavy (non-hydrogen) atoms. The number of phenolic OH excluding ortho intramolecular Hbond substituents is 3. The molecule has 146 valence electrons. The highest BCUT2D eigenvalue weighted by molar-refractivity contribution is 5.85. The van der Waals surface area contributed by atoms with Crippen LogP contribution in [-0.4, -0.2) is 15.3 Å². The number of allylic oxidation sites excluding steroid dienone is 5. The molecule has 0 saturated carbocycles. The van der Waals surface area contributed by atoms with Gasteiger partial charge in [-0.15, -0.1) is 0 Å². The average molecular weight is 390 g/mol. The number of rotatable bonds is 4. The van der Waals surface area contributed by atoms with Crippen molar-refractivity contribution in [3.05, 3.63) is 94.1 Å². The van der Waals surface area contributed by atoms with Crippen LogP contribution in [0.2, 0.25) is 0 Å². The summed E-state index contributed by atoms with van der Waals surface area (Å²) in [6.07, 6.45) is 11.7. The van der Waals surface area contributed by atoms with Crippen LogP contribution in [0.1, 0.15) is 17.5 Å². The van der Waals surface area contributed by atoms with E-state index >= 15 is 0 Å². The van der Waals surface area contributed by atoms with E-state index in [2.05, 4.69) is 0 Å². The van der Waals surface area contributed by atoms with Gasteiger partial charge in [0.05, 0.1) is 6.26 Å². The summed E-state index contributed by atoms with van der Waals surface area (Å²) in [5, 5.41) is 29.7. The Balaban J connectivity index is 1.66. The van der Waals surface area contributed by atoms with Crippen molar-refractivity contribution in [1.29, 1.82) is 0 Å². The topological polar surface area (TPSA) is 100 Å². The van der Waals surface area contributed by atoms with E-state index in [-0.39, 0.29) is 45.8 Å². The third-order valence-corrected chi connectivity index (χ3v) is 4.51. The second kappa shape index (κ2) is 7.59. The maximum Gasteiger partial charge on any atom is 0.199 e. The predicted molar refractivity (Wildman–Crippen MR) is 108 cm³/mol. The summed E-state index contributed by atoms with van der Waals surface area (Å²) in [5.74, 6) is 0.302. The van der Waals surface area contributed by atoms with Crippen LogP contribution >= 0.6 is 0 Å². The Bertz CT molecular complexity index is 1230. The Hall–Kier alpha value is -3.93. The quantitative estimate of drug-likeness (QED) is 0.615. The minimum Gasteiger partial charge on any atom is -0.508 e. The first-order valence-electron chi connectivity index (χ1n) is 9.01. The lowest BCUT2D eigenvalue weighted by molar-refractivity contribution is 0.392. The van der Waals surface area contributed by atoms with Crippen molar-refractivity contribution in [2.75, 3.05) is 0 Å². The van der Waals surface area contributed by atoms with Crippen LogP contribution in [-0.2, 0) is 6.42 Å². The summed E-state index contributed by atoms with van der Waals surface area (Å²) >= 11 is 0. The molecular formula is C23H18O6. The summed E-state index contributed by atoms with van der Waals surface area (Å²) in [4.78, 5) is 12.8. The summed E-state index contributed by atoms with van der Waals surface area (Å²) in [6, 6.07) is 7.20. The number of hydrogen-bond acceptors (Lipinski definition) is 6. The molecule has 0 amide bonds. The van der Waals surface area contributed by atoms with E-state index in [1.54, 1.807) is 18.2 Å². The minimum absolute atomic E-state index is 0.0103. The predicted octanol–water partition coefficient (Wildman–Crippen LogP) is 4.28. The molecule has 4 rings (SSSR count). The molecule has 3 aromatic rings. The van der Waals surface area contributed by atoms with Gasteiger partial charge in [0, 0.05) is 24.1 Å². The lowest BCUT2D eigenvalue weighted by Crippen LogP contribution is -2.09.